The van der Waals surface area contributed by atoms with E-state index in [2.05, 4.69) is 47.2 Å². The van der Waals surface area contributed by atoms with Crippen molar-refractivity contribution in [3.63, 3.8) is 0 Å². The predicted octanol–water partition coefficient (Wildman–Crippen LogP) is 3.56. The first-order valence-corrected chi connectivity index (χ1v) is 7.28. The third-order valence-electron chi connectivity index (χ3n) is 2.89. The molecule has 0 radical (unpaired) electrons. The molecule has 0 bridgehead atoms. The van der Waals surface area contributed by atoms with Gasteiger partial charge in [-0.15, -0.1) is 11.3 Å². The maximum Gasteiger partial charge on any atom is 0.0701 e. The van der Waals surface area contributed by atoms with E-state index in [0.717, 1.165) is 26.0 Å². The van der Waals surface area contributed by atoms with Gasteiger partial charge in [0.2, 0.25) is 0 Å². The van der Waals surface area contributed by atoms with Gasteiger partial charge in [0.25, 0.3) is 0 Å². The van der Waals surface area contributed by atoms with Crippen molar-refractivity contribution in [2.45, 2.75) is 44.9 Å². The number of rotatable bonds is 3. The van der Waals surface area contributed by atoms with Crippen LogP contribution in [0.5, 0.6) is 0 Å². The Hall–Kier alpha value is 0.1000. The normalized spacial score (nSPS) is 24.6. The van der Waals surface area contributed by atoms with Crippen LogP contribution in [0.3, 0.4) is 0 Å². The second-order valence-electron chi connectivity index (χ2n) is 4.88. The van der Waals surface area contributed by atoms with Gasteiger partial charge >= 0.3 is 0 Å². The minimum absolute atomic E-state index is 0.0337. The van der Waals surface area contributed by atoms with Crippen LogP contribution >= 0.6 is 27.3 Å². The van der Waals surface area contributed by atoms with E-state index >= 15 is 0 Å². The average molecular weight is 304 g/mol. The Labute approximate surface area is 110 Å². The topological polar surface area (TPSA) is 21.3 Å². The lowest BCUT2D eigenvalue weighted by atomic mass is 9.94. The first kappa shape index (κ1) is 12.6. The van der Waals surface area contributed by atoms with Gasteiger partial charge in [-0.1, -0.05) is 0 Å². The molecular weight excluding hydrogens is 286 g/mol. The van der Waals surface area contributed by atoms with Crippen molar-refractivity contribution in [1.82, 2.24) is 5.32 Å². The van der Waals surface area contributed by atoms with Gasteiger partial charge in [0.05, 0.1) is 9.39 Å². The molecule has 1 saturated heterocycles. The Balaban J connectivity index is 1.82. The molecule has 2 rings (SSSR count). The highest BCUT2D eigenvalue weighted by Gasteiger charge is 2.28. The van der Waals surface area contributed by atoms with Gasteiger partial charge < -0.3 is 10.1 Å². The standard InChI is InChI=1S/C12H18BrNOS/c1-12(2)7-9(5-6-15-12)14-8-10-3-4-11(13)16-10/h3-4,9,14H,5-8H2,1-2H3. The molecule has 16 heavy (non-hydrogen) atoms. The second-order valence-corrected chi connectivity index (χ2v) is 7.43. The monoisotopic (exact) mass is 303 g/mol. The van der Waals surface area contributed by atoms with Crippen molar-refractivity contribution < 1.29 is 4.74 Å². The molecule has 2 nitrogen and oxygen atoms in total. The molecule has 1 atom stereocenters. The Morgan fingerprint density at radius 3 is 3.00 bits per heavy atom. The van der Waals surface area contributed by atoms with Crippen LogP contribution in [0.25, 0.3) is 0 Å². The zero-order chi connectivity index (χ0) is 11.6. The molecule has 1 aromatic rings. The Bertz CT molecular complexity index is 351. The van der Waals surface area contributed by atoms with Gasteiger partial charge in [-0.25, -0.2) is 0 Å². The highest BCUT2D eigenvalue weighted by atomic mass is 79.9. The molecule has 0 spiro atoms. The van der Waals surface area contributed by atoms with Crippen LogP contribution in [-0.2, 0) is 11.3 Å². The molecule has 90 valence electrons. The lowest BCUT2D eigenvalue weighted by molar-refractivity contribution is -0.0630. The summed E-state index contributed by atoms with van der Waals surface area (Å²) in [6, 6.07) is 4.87. The molecule has 1 fully saturated rings. The van der Waals surface area contributed by atoms with Gasteiger partial charge in [0.15, 0.2) is 0 Å². The van der Waals surface area contributed by atoms with Crippen LogP contribution in [0.15, 0.2) is 15.9 Å². The Morgan fingerprint density at radius 1 is 1.56 bits per heavy atom. The first-order chi connectivity index (χ1) is 7.55. The summed E-state index contributed by atoms with van der Waals surface area (Å²) in [4.78, 5) is 1.39. The zero-order valence-corrected chi connectivity index (χ0v) is 12.2. The molecule has 1 aliphatic heterocycles. The summed E-state index contributed by atoms with van der Waals surface area (Å²) in [6.45, 7) is 6.18. The van der Waals surface area contributed by atoms with E-state index in [4.69, 9.17) is 4.74 Å². The fourth-order valence-electron chi connectivity index (χ4n) is 2.10. The van der Waals surface area contributed by atoms with E-state index in [9.17, 15) is 0 Å². The number of halogens is 1. The minimum Gasteiger partial charge on any atom is -0.375 e. The summed E-state index contributed by atoms with van der Waals surface area (Å²) in [5.74, 6) is 0. The van der Waals surface area contributed by atoms with Crippen molar-refractivity contribution in [3.8, 4) is 0 Å². The van der Waals surface area contributed by atoms with Crippen molar-refractivity contribution >= 4 is 27.3 Å². The number of hydrogen-bond donors (Lipinski definition) is 1. The summed E-state index contributed by atoms with van der Waals surface area (Å²) >= 11 is 5.29. The highest BCUT2D eigenvalue weighted by molar-refractivity contribution is 9.11. The van der Waals surface area contributed by atoms with Gasteiger partial charge in [0, 0.05) is 24.1 Å². The summed E-state index contributed by atoms with van der Waals surface area (Å²) < 4.78 is 6.91. The molecule has 0 aliphatic carbocycles. The quantitative estimate of drug-likeness (QED) is 0.922. The van der Waals surface area contributed by atoms with Gasteiger partial charge in [0.1, 0.15) is 0 Å². The molecule has 4 heteroatoms. The lowest BCUT2D eigenvalue weighted by Gasteiger charge is -2.35. The van der Waals surface area contributed by atoms with Crippen LogP contribution in [0, 0.1) is 0 Å². The molecule has 1 unspecified atom stereocenters. The van der Waals surface area contributed by atoms with Crippen molar-refractivity contribution in [1.29, 1.82) is 0 Å². The summed E-state index contributed by atoms with van der Waals surface area (Å²) in [5, 5.41) is 3.62. The maximum atomic E-state index is 5.71. The van der Waals surface area contributed by atoms with Crippen LogP contribution in [0.1, 0.15) is 31.6 Å². The molecule has 0 amide bonds. The van der Waals surface area contributed by atoms with E-state index in [1.54, 1.807) is 11.3 Å². The summed E-state index contributed by atoms with van der Waals surface area (Å²) in [5.41, 5.74) is 0.0337. The molecule has 0 saturated carbocycles. The van der Waals surface area contributed by atoms with Gasteiger partial charge in [-0.3, -0.25) is 0 Å². The number of ether oxygens (including phenoxy) is 1. The molecular formula is C12H18BrNOS. The van der Waals surface area contributed by atoms with Gasteiger partial charge in [-0.05, 0) is 54.8 Å². The molecule has 1 aromatic heterocycles. The molecule has 2 heterocycles. The fraction of sp³-hybridized carbons (Fsp3) is 0.667. The average Bonchev–Trinajstić information content (AvgIpc) is 2.60. The summed E-state index contributed by atoms with van der Waals surface area (Å²) in [6.07, 6.45) is 2.22. The zero-order valence-electron chi connectivity index (χ0n) is 9.75. The third-order valence-corrected chi connectivity index (χ3v) is 4.51. The smallest absolute Gasteiger partial charge is 0.0701 e. The van der Waals surface area contributed by atoms with Crippen LogP contribution < -0.4 is 5.32 Å². The summed E-state index contributed by atoms with van der Waals surface area (Å²) in [7, 11) is 0. The van der Waals surface area contributed by atoms with Crippen LogP contribution in [0.4, 0.5) is 0 Å². The van der Waals surface area contributed by atoms with Gasteiger partial charge in [-0.2, -0.15) is 0 Å². The third kappa shape index (κ3) is 3.55. The molecule has 1 N–H and O–H groups in total. The van der Waals surface area contributed by atoms with E-state index < -0.39 is 0 Å². The SMILES string of the molecule is CC1(C)CC(NCc2ccc(Br)s2)CCO1. The van der Waals surface area contributed by atoms with E-state index in [1.165, 1.54) is 8.66 Å². The minimum atomic E-state index is 0.0337. The number of hydrogen-bond acceptors (Lipinski definition) is 3. The second kappa shape index (κ2) is 5.17. The fourth-order valence-corrected chi connectivity index (χ4v) is 3.53. The van der Waals surface area contributed by atoms with E-state index in [-0.39, 0.29) is 5.60 Å². The van der Waals surface area contributed by atoms with Crippen LogP contribution in [0.2, 0.25) is 0 Å². The van der Waals surface area contributed by atoms with E-state index in [0.29, 0.717) is 6.04 Å². The largest absolute Gasteiger partial charge is 0.375 e. The molecule has 0 aromatic carbocycles. The lowest BCUT2D eigenvalue weighted by Crippen LogP contribution is -2.43. The van der Waals surface area contributed by atoms with E-state index in [1.807, 2.05) is 0 Å². The van der Waals surface area contributed by atoms with Crippen molar-refractivity contribution in [3.05, 3.63) is 20.8 Å². The maximum absolute atomic E-state index is 5.71. The van der Waals surface area contributed by atoms with Crippen molar-refractivity contribution in [2.75, 3.05) is 6.61 Å². The van der Waals surface area contributed by atoms with Crippen molar-refractivity contribution in [2.24, 2.45) is 0 Å². The van der Waals surface area contributed by atoms with Crippen LogP contribution in [-0.4, -0.2) is 18.2 Å². The highest BCUT2D eigenvalue weighted by Crippen LogP contribution is 2.25. The Morgan fingerprint density at radius 2 is 2.38 bits per heavy atom. The predicted molar refractivity (Wildman–Crippen MR) is 71.9 cm³/mol. The molecule has 1 aliphatic rings. The number of thiophene rings is 1. The first-order valence-electron chi connectivity index (χ1n) is 5.67. The Kier molecular flexibility index (Phi) is 4.06. The number of nitrogens with one attached hydrogen (secondary N) is 1.